The van der Waals surface area contributed by atoms with Crippen LogP contribution in [0.25, 0.3) is 16.9 Å². The third-order valence-corrected chi connectivity index (χ3v) is 4.11. The Labute approximate surface area is 154 Å². The Hall–Kier alpha value is -2.42. The molecular weight excluding hydrogens is 360 g/mol. The van der Waals surface area contributed by atoms with Crippen LogP contribution in [0.2, 0.25) is 5.15 Å². The molecule has 9 heteroatoms. The van der Waals surface area contributed by atoms with Crippen LogP contribution in [-0.2, 0) is 9.47 Å². The molecule has 0 N–H and O–H groups in total. The van der Waals surface area contributed by atoms with Gasteiger partial charge in [0.1, 0.15) is 31.4 Å². The van der Waals surface area contributed by atoms with E-state index in [1.165, 1.54) is 6.33 Å². The maximum absolute atomic E-state index is 6.08. The average molecular weight is 377 g/mol. The normalized spacial score (nSPS) is 16.0. The van der Waals surface area contributed by atoms with Gasteiger partial charge >= 0.3 is 0 Å². The van der Waals surface area contributed by atoms with Gasteiger partial charge in [-0.2, -0.15) is 0 Å². The topological polar surface area (TPSA) is 80.5 Å². The molecule has 136 valence electrons. The summed E-state index contributed by atoms with van der Waals surface area (Å²) in [6.45, 7) is 2.91. The largest absolute Gasteiger partial charge is 0.487 e. The van der Waals surface area contributed by atoms with Crippen molar-refractivity contribution in [2.45, 2.75) is 0 Å². The summed E-state index contributed by atoms with van der Waals surface area (Å²) >= 11 is 6.08. The Morgan fingerprint density at radius 2 is 1.58 bits per heavy atom. The zero-order valence-corrected chi connectivity index (χ0v) is 14.7. The summed E-state index contributed by atoms with van der Waals surface area (Å²) in [5.41, 5.74) is 1.99. The molecule has 4 rings (SSSR count). The average Bonchev–Trinajstić information content (AvgIpc) is 3.08. The molecule has 2 aromatic heterocycles. The molecule has 0 fully saturated rings. The quantitative estimate of drug-likeness (QED) is 0.602. The summed E-state index contributed by atoms with van der Waals surface area (Å²) < 4.78 is 24.3. The smallest absolute Gasteiger partial charge is 0.169 e. The number of hydrogen-bond acceptors (Lipinski definition) is 7. The minimum absolute atomic E-state index is 0.316. The van der Waals surface area contributed by atoms with Crippen molar-refractivity contribution in [1.29, 1.82) is 0 Å². The predicted octanol–water partition coefficient (Wildman–Crippen LogP) is 2.27. The SMILES string of the molecule is Clc1ncnc2c1ncn2-c1ccc2c(c1)OCCOCCOCCO2. The van der Waals surface area contributed by atoms with Crippen LogP contribution in [0.4, 0.5) is 0 Å². The second-order valence-electron chi connectivity index (χ2n) is 5.50. The summed E-state index contributed by atoms with van der Waals surface area (Å²) in [5.74, 6) is 1.27. The van der Waals surface area contributed by atoms with Crippen molar-refractivity contribution < 1.29 is 18.9 Å². The van der Waals surface area contributed by atoms with E-state index in [-0.39, 0.29) is 0 Å². The fraction of sp³-hybridized carbons (Fsp3) is 0.353. The molecule has 0 spiro atoms. The van der Waals surface area contributed by atoms with Gasteiger partial charge in [-0.3, -0.25) is 4.57 Å². The third kappa shape index (κ3) is 3.57. The van der Waals surface area contributed by atoms with Crippen LogP contribution in [0, 0.1) is 0 Å². The van der Waals surface area contributed by atoms with Gasteiger partial charge in [-0.1, -0.05) is 11.6 Å². The van der Waals surface area contributed by atoms with Crippen molar-refractivity contribution in [2.75, 3.05) is 39.6 Å². The molecule has 3 heterocycles. The van der Waals surface area contributed by atoms with Crippen molar-refractivity contribution >= 4 is 22.8 Å². The van der Waals surface area contributed by atoms with E-state index in [4.69, 9.17) is 30.5 Å². The Morgan fingerprint density at radius 1 is 0.846 bits per heavy atom. The summed E-state index contributed by atoms with van der Waals surface area (Å²) in [5, 5.41) is 0.316. The third-order valence-electron chi connectivity index (χ3n) is 3.84. The van der Waals surface area contributed by atoms with Gasteiger partial charge in [0.05, 0.1) is 32.1 Å². The van der Waals surface area contributed by atoms with E-state index >= 15 is 0 Å². The highest BCUT2D eigenvalue weighted by Gasteiger charge is 2.13. The number of aromatic nitrogens is 4. The summed E-state index contributed by atoms with van der Waals surface area (Å²) in [7, 11) is 0. The van der Waals surface area contributed by atoms with Crippen molar-refractivity contribution in [2.24, 2.45) is 0 Å². The zero-order chi connectivity index (χ0) is 17.8. The van der Waals surface area contributed by atoms with Crippen LogP contribution >= 0.6 is 11.6 Å². The number of benzene rings is 1. The first-order valence-corrected chi connectivity index (χ1v) is 8.60. The first-order chi connectivity index (χ1) is 12.8. The molecule has 0 saturated heterocycles. The highest BCUT2D eigenvalue weighted by atomic mass is 35.5. The molecule has 0 amide bonds. The van der Waals surface area contributed by atoms with E-state index in [0.29, 0.717) is 67.5 Å². The van der Waals surface area contributed by atoms with Gasteiger partial charge in [0, 0.05) is 6.07 Å². The Kier molecular flexibility index (Phi) is 5.14. The van der Waals surface area contributed by atoms with Crippen LogP contribution in [-0.4, -0.2) is 59.2 Å². The molecule has 0 unspecified atom stereocenters. The molecule has 0 radical (unpaired) electrons. The van der Waals surface area contributed by atoms with Crippen molar-refractivity contribution in [3.05, 3.63) is 36.0 Å². The Balaban J connectivity index is 1.67. The van der Waals surface area contributed by atoms with Gasteiger partial charge in [-0.15, -0.1) is 0 Å². The molecule has 1 aliphatic rings. The lowest BCUT2D eigenvalue weighted by molar-refractivity contribution is 0.0223. The fourth-order valence-corrected chi connectivity index (χ4v) is 2.79. The summed E-state index contributed by atoms with van der Waals surface area (Å²) in [6, 6.07) is 5.63. The van der Waals surface area contributed by atoms with Crippen LogP contribution < -0.4 is 9.47 Å². The highest BCUT2D eigenvalue weighted by molar-refractivity contribution is 6.33. The Morgan fingerprint density at radius 3 is 2.38 bits per heavy atom. The summed E-state index contributed by atoms with van der Waals surface area (Å²) in [6.07, 6.45) is 3.06. The van der Waals surface area contributed by atoms with Crippen molar-refractivity contribution in [3.63, 3.8) is 0 Å². The summed E-state index contributed by atoms with van der Waals surface area (Å²) in [4.78, 5) is 12.5. The van der Waals surface area contributed by atoms with Crippen LogP contribution in [0.3, 0.4) is 0 Å². The molecule has 0 saturated carbocycles. The van der Waals surface area contributed by atoms with Gasteiger partial charge in [0.2, 0.25) is 0 Å². The van der Waals surface area contributed by atoms with Gasteiger partial charge in [-0.25, -0.2) is 15.0 Å². The molecule has 1 aliphatic heterocycles. The number of imidazole rings is 1. The molecule has 3 aromatic rings. The van der Waals surface area contributed by atoms with Gasteiger partial charge in [-0.05, 0) is 12.1 Å². The molecule has 26 heavy (non-hydrogen) atoms. The maximum Gasteiger partial charge on any atom is 0.169 e. The molecule has 0 atom stereocenters. The molecule has 0 aliphatic carbocycles. The minimum atomic E-state index is 0.316. The first-order valence-electron chi connectivity index (χ1n) is 8.22. The fourth-order valence-electron chi connectivity index (χ4n) is 2.62. The van der Waals surface area contributed by atoms with E-state index in [2.05, 4.69) is 15.0 Å². The number of nitrogens with zero attached hydrogens (tertiary/aromatic N) is 4. The van der Waals surface area contributed by atoms with E-state index in [0.717, 1.165) is 5.69 Å². The highest BCUT2D eigenvalue weighted by Crippen LogP contribution is 2.31. The van der Waals surface area contributed by atoms with Crippen LogP contribution in [0.1, 0.15) is 0 Å². The van der Waals surface area contributed by atoms with E-state index in [9.17, 15) is 0 Å². The minimum Gasteiger partial charge on any atom is -0.487 e. The molecule has 8 nitrogen and oxygen atoms in total. The van der Waals surface area contributed by atoms with Crippen molar-refractivity contribution in [1.82, 2.24) is 19.5 Å². The Bertz CT molecular complexity index is 902. The first kappa shape index (κ1) is 17.0. The number of rotatable bonds is 1. The van der Waals surface area contributed by atoms with Gasteiger partial charge in [0.25, 0.3) is 0 Å². The van der Waals surface area contributed by atoms with E-state index in [1.807, 2.05) is 22.8 Å². The predicted molar refractivity (Wildman–Crippen MR) is 94.3 cm³/mol. The van der Waals surface area contributed by atoms with Gasteiger partial charge in [0.15, 0.2) is 22.3 Å². The number of hydrogen-bond donors (Lipinski definition) is 0. The molecule has 1 aromatic carbocycles. The maximum atomic E-state index is 6.08. The van der Waals surface area contributed by atoms with Crippen LogP contribution in [0.15, 0.2) is 30.9 Å². The van der Waals surface area contributed by atoms with Crippen molar-refractivity contribution in [3.8, 4) is 17.2 Å². The zero-order valence-electron chi connectivity index (χ0n) is 13.9. The second-order valence-corrected chi connectivity index (χ2v) is 5.86. The molecular formula is C17H17ClN4O4. The van der Waals surface area contributed by atoms with E-state index in [1.54, 1.807) is 6.33 Å². The number of halogens is 1. The lowest BCUT2D eigenvalue weighted by Crippen LogP contribution is -2.15. The second kappa shape index (κ2) is 7.86. The number of fused-ring (bicyclic) bond motifs is 2. The monoisotopic (exact) mass is 376 g/mol. The standard InChI is InChI=1S/C17H17ClN4O4/c18-16-15-17(20-10-19-16)22(11-21-15)12-1-2-13-14(9-12)26-8-6-24-4-3-23-5-7-25-13/h1-2,9-11H,3-8H2. The van der Waals surface area contributed by atoms with Gasteiger partial charge < -0.3 is 18.9 Å². The molecule has 0 bridgehead atoms. The lowest BCUT2D eigenvalue weighted by atomic mass is 10.2. The number of ether oxygens (including phenoxy) is 4. The lowest BCUT2D eigenvalue weighted by Gasteiger charge is -2.16. The van der Waals surface area contributed by atoms with E-state index < -0.39 is 0 Å². The van der Waals surface area contributed by atoms with Crippen LogP contribution in [0.5, 0.6) is 11.5 Å².